The molecule has 6 heteroatoms. The molecule has 0 aliphatic rings. The molecular formula is C26H25NO5. The van der Waals surface area contributed by atoms with Crippen LogP contribution in [0.25, 0.3) is 12.2 Å². The van der Waals surface area contributed by atoms with Crippen molar-refractivity contribution in [2.45, 2.75) is 13.8 Å². The van der Waals surface area contributed by atoms with Crippen molar-refractivity contribution in [3.63, 3.8) is 0 Å². The van der Waals surface area contributed by atoms with Crippen molar-refractivity contribution in [1.29, 1.82) is 0 Å². The molecule has 0 saturated heterocycles. The van der Waals surface area contributed by atoms with Crippen molar-refractivity contribution >= 4 is 29.6 Å². The van der Waals surface area contributed by atoms with Crippen LogP contribution in [0.5, 0.6) is 11.5 Å². The van der Waals surface area contributed by atoms with E-state index in [0.29, 0.717) is 16.8 Å². The maximum absolute atomic E-state index is 12.8. The molecule has 0 radical (unpaired) electrons. The predicted octanol–water partition coefficient (Wildman–Crippen LogP) is 4.17. The number of aromatic hydroxyl groups is 2. The van der Waals surface area contributed by atoms with Gasteiger partial charge in [-0.2, -0.15) is 0 Å². The number of carbonyl (C=O) groups excluding carboxylic acids is 3. The number of carbonyl (C=O) groups is 3. The summed E-state index contributed by atoms with van der Waals surface area (Å²) in [6.45, 7) is 3.51. The van der Waals surface area contributed by atoms with E-state index in [1.807, 2.05) is 0 Å². The fourth-order valence-electron chi connectivity index (χ4n) is 2.72. The predicted molar refractivity (Wildman–Crippen MR) is 124 cm³/mol. The summed E-state index contributed by atoms with van der Waals surface area (Å²) in [5, 5.41) is 21.3. The minimum atomic E-state index is -1.57. The zero-order chi connectivity index (χ0) is 23.5. The van der Waals surface area contributed by atoms with Gasteiger partial charge in [0.1, 0.15) is 11.5 Å². The molecular weight excluding hydrogens is 406 g/mol. The Kier molecular flexibility index (Phi) is 8.92. The molecule has 32 heavy (non-hydrogen) atoms. The second kappa shape index (κ2) is 11.9. The summed E-state index contributed by atoms with van der Waals surface area (Å²) in [6, 6.07) is 12.3. The number of amides is 1. The Morgan fingerprint density at radius 1 is 0.750 bits per heavy atom. The van der Waals surface area contributed by atoms with Gasteiger partial charge in [0.05, 0.1) is 0 Å². The lowest BCUT2D eigenvalue weighted by atomic mass is 9.95. The minimum absolute atomic E-state index is 0.0862. The molecule has 2 aromatic carbocycles. The number of ketones is 2. The van der Waals surface area contributed by atoms with Crippen molar-refractivity contribution in [2.75, 3.05) is 0 Å². The van der Waals surface area contributed by atoms with Crippen LogP contribution in [0.15, 0.2) is 84.6 Å². The van der Waals surface area contributed by atoms with Crippen molar-refractivity contribution in [3.05, 3.63) is 95.7 Å². The second-order valence-corrected chi connectivity index (χ2v) is 6.82. The summed E-state index contributed by atoms with van der Waals surface area (Å²) < 4.78 is 0. The molecule has 0 heterocycles. The maximum Gasteiger partial charge on any atom is 0.243 e. The first-order valence-corrected chi connectivity index (χ1v) is 9.96. The van der Waals surface area contributed by atoms with Gasteiger partial charge in [-0.1, -0.05) is 48.6 Å². The van der Waals surface area contributed by atoms with E-state index in [4.69, 9.17) is 0 Å². The van der Waals surface area contributed by atoms with Gasteiger partial charge in [0.15, 0.2) is 17.5 Å². The molecule has 0 atom stereocenters. The van der Waals surface area contributed by atoms with Gasteiger partial charge in [0.2, 0.25) is 5.91 Å². The van der Waals surface area contributed by atoms with Crippen LogP contribution in [0.1, 0.15) is 25.0 Å². The normalized spacial score (nSPS) is 12.2. The van der Waals surface area contributed by atoms with E-state index in [9.17, 15) is 24.6 Å². The lowest BCUT2D eigenvalue weighted by Gasteiger charge is -2.12. The van der Waals surface area contributed by atoms with E-state index in [1.165, 1.54) is 48.6 Å². The molecule has 0 aromatic heterocycles. The number of phenols is 2. The Balaban J connectivity index is 2.28. The second-order valence-electron chi connectivity index (χ2n) is 6.82. The topological polar surface area (TPSA) is 104 Å². The molecule has 1 amide bonds. The van der Waals surface area contributed by atoms with Crippen LogP contribution in [0.3, 0.4) is 0 Å². The Bertz CT molecular complexity index is 1010. The van der Waals surface area contributed by atoms with Crippen molar-refractivity contribution in [2.24, 2.45) is 5.92 Å². The molecule has 0 spiro atoms. The van der Waals surface area contributed by atoms with Crippen LogP contribution in [-0.4, -0.2) is 27.7 Å². The number of nitrogens with one attached hydrogen (secondary N) is 1. The van der Waals surface area contributed by atoms with E-state index >= 15 is 0 Å². The molecule has 0 bridgehead atoms. The molecule has 0 unspecified atom stereocenters. The summed E-state index contributed by atoms with van der Waals surface area (Å²) in [7, 11) is 0. The SMILES string of the molecule is C/C=C\C(=C/C)NC(=O)C(C(=O)/C=C/c1ccc(O)cc1)C(=O)/C=C/c1ccc(O)cc1. The first-order chi connectivity index (χ1) is 15.3. The lowest BCUT2D eigenvalue weighted by Crippen LogP contribution is -2.38. The Morgan fingerprint density at radius 2 is 1.19 bits per heavy atom. The molecule has 0 fully saturated rings. The first-order valence-electron chi connectivity index (χ1n) is 9.96. The standard InChI is InChI=1S/C26H25NO5/c1-3-5-20(4-2)27-26(32)25(23(30)16-10-18-6-12-21(28)13-7-18)24(31)17-11-19-8-14-22(29)15-9-19/h3-17,25,28-29H,1-2H3,(H,27,32)/b5-3-,16-10+,17-11+,20-4+. The number of hydrogen-bond donors (Lipinski definition) is 3. The Hall–Kier alpha value is -4.19. The van der Waals surface area contributed by atoms with E-state index in [1.54, 1.807) is 56.3 Å². The van der Waals surface area contributed by atoms with Crippen LogP contribution >= 0.6 is 0 Å². The van der Waals surface area contributed by atoms with Crippen LogP contribution in [0, 0.1) is 5.92 Å². The number of allylic oxidation sites excluding steroid dienone is 5. The quantitative estimate of drug-likeness (QED) is 0.314. The molecule has 2 aromatic rings. The summed E-state index contributed by atoms with van der Waals surface area (Å²) in [5.74, 6) is -3.49. The van der Waals surface area contributed by atoms with Gasteiger partial charge in [0.25, 0.3) is 0 Å². The lowest BCUT2D eigenvalue weighted by molar-refractivity contribution is -0.136. The van der Waals surface area contributed by atoms with Crippen LogP contribution in [-0.2, 0) is 14.4 Å². The number of benzene rings is 2. The highest BCUT2D eigenvalue weighted by atomic mass is 16.3. The van der Waals surface area contributed by atoms with Crippen molar-refractivity contribution < 1.29 is 24.6 Å². The molecule has 0 aliphatic carbocycles. The summed E-state index contributed by atoms with van der Waals surface area (Å²) in [6.07, 6.45) is 10.3. The number of hydrogen-bond acceptors (Lipinski definition) is 5. The van der Waals surface area contributed by atoms with Gasteiger partial charge in [0, 0.05) is 5.70 Å². The van der Waals surface area contributed by atoms with Gasteiger partial charge in [-0.25, -0.2) is 0 Å². The number of rotatable bonds is 9. The molecule has 0 aliphatic heterocycles. The fourth-order valence-corrected chi connectivity index (χ4v) is 2.72. The molecule has 6 nitrogen and oxygen atoms in total. The first kappa shape index (κ1) is 24.1. The maximum atomic E-state index is 12.8. The highest BCUT2D eigenvalue weighted by Gasteiger charge is 2.31. The van der Waals surface area contributed by atoms with Gasteiger partial charge < -0.3 is 15.5 Å². The van der Waals surface area contributed by atoms with E-state index in [-0.39, 0.29) is 11.5 Å². The number of phenolic OH excluding ortho intramolecular Hbond substituents is 2. The summed E-state index contributed by atoms with van der Waals surface area (Å²) >= 11 is 0. The fraction of sp³-hybridized carbons (Fsp3) is 0.115. The van der Waals surface area contributed by atoms with Gasteiger partial charge in [-0.15, -0.1) is 0 Å². The highest BCUT2D eigenvalue weighted by molar-refractivity contribution is 6.25. The van der Waals surface area contributed by atoms with E-state index in [2.05, 4.69) is 5.32 Å². The van der Waals surface area contributed by atoms with Crippen molar-refractivity contribution in [1.82, 2.24) is 5.32 Å². The summed E-state index contributed by atoms with van der Waals surface area (Å²) in [5.41, 5.74) is 1.73. The van der Waals surface area contributed by atoms with Crippen LogP contribution in [0.4, 0.5) is 0 Å². The third kappa shape index (κ3) is 7.25. The monoisotopic (exact) mass is 431 g/mol. The zero-order valence-electron chi connectivity index (χ0n) is 17.9. The Morgan fingerprint density at radius 3 is 1.56 bits per heavy atom. The van der Waals surface area contributed by atoms with E-state index < -0.39 is 23.4 Å². The molecule has 0 saturated carbocycles. The van der Waals surface area contributed by atoms with Crippen molar-refractivity contribution in [3.8, 4) is 11.5 Å². The third-order valence-corrected chi connectivity index (χ3v) is 4.42. The Labute approximate surface area is 186 Å². The van der Waals surface area contributed by atoms with Gasteiger partial charge in [-0.3, -0.25) is 14.4 Å². The van der Waals surface area contributed by atoms with Gasteiger partial charge in [-0.05, 0) is 67.5 Å². The molecule has 2 rings (SSSR count). The largest absolute Gasteiger partial charge is 0.508 e. The smallest absolute Gasteiger partial charge is 0.243 e. The van der Waals surface area contributed by atoms with Crippen LogP contribution in [0.2, 0.25) is 0 Å². The van der Waals surface area contributed by atoms with Crippen LogP contribution < -0.4 is 5.32 Å². The average Bonchev–Trinajstić information content (AvgIpc) is 2.78. The molecule has 3 N–H and O–H groups in total. The zero-order valence-corrected chi connectivity index (χ0v) is 17.9. The third-order valence-electron chi connectivity index (χ3n) is 4.42. The highest BCUT2D eigenvalue weighted by Crippen LogP contribution is 2.14. The summed E-state index contributed by atoms with van der Waals surface area (Å²) in [4.78, 5) is 38.5. The minimum Gasteiger partial charge on any atom is -0.508 e. The van der Waals surface area contributed by atoms with E-state index in [0.717, 1.165) is 0 Å². The molecule has 164 valence electrons. The average molecular weight is 431 g/mol. The van der Waals surface area contributed by atoms with Gasteiger partial charge >= 0.3 is 0 Å².